The number of halogens is 1. The molecule has 1 heterocycles. The van der Waals surface area contributed by atoms with Gasteiger partial charge in [-0.3, -0.25) is 4.79 Å². The SMILES string of the molecule is CCCn1c(=NC(=O)CCSc2ccc(F)cc2)sc2cccc(OC)c21. The summed E-state index contributed by atoms with van der Waals surface area (Å²) < 4.78 is 21.5. The number of hydrogen-bond acceptors (Lipinski definition) is 4. The molecular weight excluding hydrogens is 383 g/mol. The Morgan fingerprint density at radius 3 is 2.74 bits per heavy atom. The summed E-state index contributed by atoms with van der Waals surface area (Å²) in [5.41, 5.74) is 0.985. The van der Waals surface area contributed by atoms with Crippen molar-refractivity contribution in [3.63, 3.8) is 0 Å². The first-order valence-electron chi connectivity index (χ1n) is 8.74. The number of nitrogens with zero attached hydrogens (tertiary/aromatic N) is 2. The zero-order valence-electron chi connectivity index (χ0n) is 15.3. The van der Waals surface area contributed by atoms with Crippen molar-refractivity contribution in [1.82, 2.24) is 4.57 Å². The van der Waals surface area contributed by atoms with Crippen LogP contribution in [0.5, 0.6) is 5.75 Å². The molecule has 3 aromatic rings. The van der Waals surface area contributed by atoms with Gasteiger partial charge >= 0.3 is 0 Å². The maximum atomic E-state index is 12.9. The van der Waals surface area contributed by atoms with E-state index >= 15 is 0 Å². The van der Waals surface area contributed by atoms with Crippen LogP contribution >= 0.6 is 23.1 Å². The van der Waals surface area contributed by atoms with Crippen LogP contribution in [0.1, 0.15) is 19.8 Å². The quantitative estimate of drug-likeness (QED) is 0.528. The minimum atomic E-state index is -0.258. The number of thioether (sulfide) groups is 1. The standard InChI is InChI=1S/C20H21FN2O2S2/c1-3-12-23-19-16(25-2)5-4-6-17(19)27-20(23)22-18(24)11-13-26-15-9-7-14(21)8-10-15/h4-10H,3,11-13H2,1-2H3. The highest BCUT2D eigenvalue weighted by molar-refractivity contribution is 7.99. The summed E-state index contributed by atoms with van der Waals surface area (Å²) in [4.78, 5) is 18.4. The Hall–Kier alpha value is -2.12. The van der Waals surface area contributed by atoms with E-state index in [-0.39, 0.29) is 11.7 Å². The van der Waals surface area contributed by atoms with Gasteiger partial charge in [0.15, 0.2) is 4.80 Å². The summed E-state index contributed by atoms with van der Waals surface area (Å²) in [7, 11) is 1.65. The molecule has 0 spiro atoms. The lowest BCUT2D eigenvalue weighted by molar-refractivity contribution is -0.117. The number of para-hydroxylation sites is 1. The molecule has 4 nitrogen and oxygen atoms in total. The molecule has 2 aromatic carbocycles. The summed E-state index contributed by atoms with van der Waals surface area (Å²) in [5.74, 6) is 0.986. The van der Waals surface area contributed by atoms with E-state index in [0.717, 1.165) is 33.8 Å². The van der Waals surface area contributed by atoms with Gasteiger partial charge in [0.25, 0.3) is 0 Å². The Labute approximate surface area is 165 Å². The molecule has 0 atom stereocenters. The molecule has 0 fully saturated rings. The summed E-state index contributed by atoms with van der Waals surface area (Å²) in [6.45, 7) is 2.87. The molecule has 0 aliphatic rings. The van der Waals surface area contributed by atoms with E-state index < -0.39 is 0 Å². The second kappa shape index (κ2) is 9.19. The number of aromatic nitrogens is 1. The summed E-state index contributed by atoms with van der Waals surface area (Å²) in [6.07, 6.45) is 1.27. The first-order chi connectivity index (χ1) is 13.1. The topological polar surface area (TPSA) is 43.6 Å². The molecule has 1 amide bonds. The Bertz CT molecular complexity index is 993. The van der Waals surface area contributed by atoms with Crippen molar-refractivity contribution in [3.8, 4) is 5.75 Å². The van der Waals surface area contributed by atoms with Crippen molar-refractivity contribution in [2.24, 2.45) is 4.99 Å². The van der Waals surface area contributed by atoms with Crippen molar-refractivity contribution < 1.29 is 13.9 Å². The van der Waals surface area contributed by atoms with Crippen LogP contribution in [-0.2, 0) is 11.3 Å². The van der Waals surface area contributed by atoms with Crippen molar-refractivity contribution in [1.29, 1.82) is 0 Å². The Kier molecular flexibility index (Phi) is 6.68. The van der Waals surface area contributed by atoms with Crippen molar-refractivity contribution >= 4 is 39.2 Å². The lowest BCUT2D eigenvalue weighted by atomic mass is 10.3. The van der Waals surface area contributed by atoms with Crippen LogP contribution in [0.4, 0.5) is 4.39 Å². The Balaban J connectivity index is 1.78. The molecule has 0 bridgehead atoms. The maximum absolute atomic E-state index is 12.9. The van der Waals surface area contributed by atoms with Gasteiger partial charge in [-0.25, -0.2) is 4.39 Å². The largest absolute Gasteiger partial charge is 0.495 e. The van der Waals surface area contributed by atoms with Crippen molar-refractivity contribution in [3.05, 3.63) is 53.1 Å². The second-order valence-electron chi connectivity index (χ2n) is 5.90. The number of ether oxygens (including phenoxy) is 1. The lowest BCUT2D eigenvalue weighted by Crippen LogP contribution is -2.17. The molecule has 0 N–H and O–H groups in total. The molecular formula is C20H21FN2O2S2. The van der Waals surface area contributed by atoms with E-state index in [1.165, 1.54) is 35.2 Å². The number of aryl methyl sites for hydroxylation is 1. The Morgan fingerprint density at radius 1 is 1.26 bits per heavy atom. The summed E-state index contributed by atoms with van der Waals surface area (Å²) in [5, 5.41) is 0. The van der Waals surface area contributed by atoms with Gasteiger partial charge in [0.05, 0.1) is 11.8 Å². The van der Waals surface area contributed by atoms with Gasteiger partial charge < -0.3 is 9.30 Å². The van der Waals surface area contributed by atoms with Gasteiger partial charge in [-0.2, -0.15) is 4.99 Å². The molecule has 0 radical (unpaired) electrons. The fourth-order valence-corrected chi connectivity index (χ4v) is 4.66. The van der Waals surface area contributed by atoms with Crippen LogP contribution in [0.15, 0.2) is 52.4 Å². The highest BCUT2D eigenvalue weighted by Crippen LogP contribution is 2.27. The number of hydrogen-bond donors (Lipinski definition) is 0. The monoisotopic (exact) mass is 404 g/mol. The van der Waals surface area contributed by atoms with Crippen LogP contribution in [-0.4, -0.2) is 23.3 Å². The van der Waals surface area contributed by atoms with Gasteiger partial charge in [-0.1, -0.05) is 24.3 Å². The highest BCUT2D eigenvalue weighted by atomic mass is 32.2. The third-order valence-electron chi connectivity index (χ3n) is 3.95. The molecule has 1 aromatic heterocycles. The molecule has 142 valence electrons. The lowest BCUT2D eigenvalue weighted by Gasteiger charge is -2.07. The molecule has 0 aliphatic carbocycles. The van der Waals surface area contributed by atoms with E-state index in [9.17, 15) is 9.18 Å². The fourth-order valence-electron chi connectivity index (χ4n) is 2.73. The predicted octanol–water partition coefficient (Wildman–Crippen LogP) is 4.87. The third-order valence-corrected chi connectivity index (χ3v) is 6.01. The third kappa shape index (κ3) is 4.78. The second-order valence-corrected chi connectivity index (χ2v) is 8.08. The summed E-state index contributed by atoms with van der Waals surface area (Å²) in [6, 6.07) is 12.2. The molecule has 0 saturated carbocycles. The average molecular weight is 405 g/mol. The number of fused-ring (bicyclic) bond motifs is 1. The maximum Gasteiger partial charge on any atom is 0.249 e. The molecule has 0 aliphatic heterocycles. The molecule has 27 heavy (non-hydrogen) atoms. The zero-order chi connectivity index (χ0) is 19.2. The average Bonchev–Trinajstić information content (AvgIpc) is 3.01. The van der Waals surface area contributed by atoms with E-state index in [2.05, 4.69) is 16.5 Å². The van der Waals surface area contributed by atoms with E-state index in [4.69, 9.17) is 4.74 Å². The van der Waals surface area contributed by atoms with Crippen molar-refractivity contribution in [2.45, 2.75) is 31.2 Å². The minimum absolute atomic E-state index is 0.153. The minimum Gasteiger partial charge on any atom is -0.495 e. The van der Waals surface area contributed by atoms with Crippen LogP contribution in [0, 0.1) is 5.82 Å². The first kappa shape index (κ1) is 19.6. The number of rotatable bonds is 7. The van der Waals surface area contributed by atoms with Crippen LogP contribution < -0.4 is 9.54 Å². The Morgan fingerprint density at radius 2 is 2.04 bits per heavy atom. The highest BCUT2D eigenvalue weighted by Gasteiger charge is 2.11. The normalized spacial score (nSPS) is 11.9. The van der Waals surface area contributed by atoms with Crippen LogP contribution in [0.3, 0.4) is 0 Å². The van der Waals surface area contributed by atoms with Crippen LogP contribution in [0.2, 0.25) is 0 Å². The smallest absolute Gasteiger partial charge is 0.249 e. The van der Waals surface area contributed by atoms with Gasteiger partial charge in [0, 0.05) is 23.6 Å². The molecule has 7 heteroatoms. The van der Waals surface area contributed by atoms with Gasteiger partial charge in [-0.15, -0.1) is 11.8 Å². The van der Waals surface area contributed by atoms with Crippen molar-refractivity contribution in [2.75, 3.05) is 12.9 Å². The van der Waals surface area contributed by atoms with Gasteiger partial charge in [0.2, 0.25) is 5.91 Å². The van der Waals surface area contributed by atoms with Crippen LogP contribution in [0.25, 0.3) is 10.2 Å². The number of benzene rings is 2. The molecule has 3 rings (SSSR count). The molecule has 0 saturated heterocycles. The number of carbonyl (C=O) groups excluding carboxylic acids is 1. The van der Waals surface area contributed by atoms with Gasteiger partial charge in [0.1, 0.15) is 17.1 Å². The number of thiazole rings is 1. The van der Waals surface area contributed by atoms with E-state index in [1.807, 2.05) is 18.2 Å². The number of methoxy groups -OCH3 is 1. The molecule has 0 unspecified atom stereocenters. The number of carbonyl (C=O) groups is 1. The predicted molar refractivity (Wildman–Crippen MR) is 109 cm³/mol. The number of amides is 1. The van der Waals surface area contributed by atoms with E-state index in [1.54, 1.807) is 19.2 Å². The zero-order valence-corrected chi connectivity index (χ0v) is 16.9. The summed E-state index contributed by atoms with van der Waals surface area (Å²) >= 11 is 3.02. The van der Waals surface area contributed by atoms with Gasteiger partial charge in [-0.05, 0) is 42.8 Å². The first-order valence-corrected chi connectivity index (χ1v) is 10.5. The fraction of sp³-hybridized carbons (Fsp3) is 0.300. The van der Waals surface area contributed by atoms with E-state index in [0.29, 0.717) is 17.0 Å².